The van der Waals surface area contributed by atoms with E-state index in [-0.39, 0.29) is 17.3 Å². The lowest BCUT2D eigenvalue weighted by atomic mass is 10.3. The molecule has 0 saturated heterocycles. The van der Waals surface area contributed by atoms with Gasteiger partial charge in [-0.25, -0.2) is 9.79 Å². The largest absolute Gasteiger partial charge is 0.479 e. The molecule has 0 aliphatic heterocycles. The Bertz CT molecular complexity index is 631. The number of nitrogens with zero attached hydrogens (tertiary/aromatic N) is 2. The van der Waals surface area contributed by atoms with Gasteiger partial charge in [0, 0.05) is 13.2 Å². The summed E-state index contributed by atoms with van der Waals surface area (Å²) in [6.45, 7) is -0.0428. The summed E-state index contributed by atoms with van der Waals surface area (Å²) in [6.07, 6.45) is 9.74. The summed E-state index contributed by atoms with van der Waals surface area (Å²) in [6, 6.07) is 9.41. The standard InChI is InChI=1S/C16H16N2O3S/c1-3-11-21-14(15(22)16(19)20)9-10-18(2)12-17-13-7-5-4-6-8-13/h1,4-10,12,22H,11H2,2H3,(H,19,20)/b10-9+,15-14+,17-12?. The highest BCUT2D eigenvalue weighted by Crippen LogP contribution is 2.13. The zero-order valence-electron chi connectivity index (χ0n) is 12.0. The minimum Gasteiger partial charge on any atom is -0.479 e. The van der Waals surface area contributed by atoms with Gasteiger partial charge in [-0.2, -0.15) is 0 Å². The molecule has 0 saturated carbocycles. The van der Waals surface area contributed by atoms with E-state index in [0.29, 0.717) is 0 Å². The number of para-hydroxylation sites is 1. The van der Waals surface area contributed by atoms with Gasteiger partial charge >= 0.3 is 5.97 Å². The number of carbonyl (C=O) groups is 1. The molecular weight excluding hydrogens is 300 g/mol. The summed E-state index contributed by atoms with van der Waals surface area (Å²) in [7, 11) is 1.75. The Kier molecular flexibility index (Phi) is 7.37. The molecule has 1 N–H and O–H groups in total. The van der Waals surface area contributed by atoms with Crippen molar-refractivity contribution in [1.82, 2.24) is 4.90 Å². The second-order valence-corrected chi connectivity index (χ2v) is 4.52. The molecule has 0 aliphatic carbocycles. The molecule has 0 heterocycles. The summed E-state index contributed by atoms with van der Waals surface area (Å²) in [5, 5.41) is 8.93. The van der Waals surface area contributed by atoms with Crippen LogP contribution in [0.25, 0.3) is 0 Å². The van der Waals surface area contributed by atoms with E-state index in [0.717, 1.165) is 5.69 Å². The molecule has 0 aliphatic rings. The number of terminal acetylenes is 1. The smallest absolute Gasteiger partial charge is 0.345 e. The van der Waals surface area contributed by atoms with Crippen LogP contribution in [-0.4, -0.2) is 36.0 Å². The molecular formula is C16H16N2O3S. The topological polar surface area (TPSA) is 62.1 Å². The molecule has 0 atom stereocenters. The molecule has 5 nitrogen and oxygen atoms in total. The van der Waals surface area contributed by atoms with E-state index in [1.54, 1.807) is 24.5 Å². The third-order valence-electron chi connectivity index (χ3n) is 2.35. The first-order valence-corrected chi connectivity index (χ1v) is 6.71. The molecule has 0 unspecified atom stereocenters. The molecule has 114 valence electrons. The van der Waals surface area contributed by atoms with E-state index in [2.05, 4.69) is 23.5 Å². The van der Waals surface area contributed by atoms with E-state index < -0.39 is 5.97 Å². The second-order valence-electron chi connectivity index (χ2n) is 4.07. The Labute approximate surface area is 135 Å². The van der Waals surface area contributed by atoms with Crippen LogP contribution >= 0.6 is 12.6 Å². The van der Waals surface area contributed by atoms with Crippen LogP contribution in [0, 0.1) is 12.3 Å². The van der Waals surface area contributed by atoms with Crippen molar-refractivity contribution >= 4 is 30.6 Å². The number of carboxylic acids is 1. The predicted molar refractivity (Wildman–Crippen MR) is 89.9 cm³/mol. The Balaban J connectivity index is 2.78. The molecule has 0 bridgehead atoms. The fraction of sp³-hybridized carbons (Fsp3) is 0.125. The number of rotatable bonds is 7. The van der Waals surface area contributed by atoms with Crippen molar-refractivity contribution in [3.8, 4) is 12.3 Å². The average Bonchev–Trinajstić information content (AvgIpc) is 2.53. The zero-order chi connectivity index (χ0) is 16.4. The minimum atomic E-state index is -1.19. The van der Waals surface area contributed by atoms with Gasteiger partial charge in [0.1, 0.15) is 17.3 Å². The van der Waals surface area contributed by atoms with Crippen LogP contribution in [-0.2, 0) is 9.53 Å². The maximum atomic E-state index is 10.9. The summed E-state index contributed by atoms with van der Waals surface area (Å²) in [5.41, 5.74) is 0.808. The third kappa shape index (κ3) is 6.20. The SMILES string of the molecule is C#CCOC(/C=C/N(C)C=Nc1ccccc1)=C(/S)C(=O)O. The number of ether oxygens (including phenoxy) is 1. The van der Waals surface area contributed by atoms with Gasteiger partial charge < -0.3 is 14.7 Å². The van der Waals surface area contributed by atoms with Crippen molar-refractivity contribution in [2.45, 2.75) is 0 Å². The van der Waals surface area contributed by atoms with E-state index >= 15 is 0 Å². The van der Waals surface area contributed by atoms with E-state index in [4.69, 9.17) is 16.3 Å². The van der Waals surface area contributed by atoms with Crippen LogP contribution in [0.1, 0.15) is 0 Å². The van der Waals surface area contributed by atoms with Crippen LogP contribution in [0.3, 0.4) is 0 Å². The number of carboxylic acid groups (broad SMARTS) is 1. The van der Waals surface area contributed by atoms with Gasteiger partial charge in [-0.3, -0.25) is 0 Å². The molecule has 1 aromatic carbocycles. The Morgan fingerprint density at radius 2 is 2.18 bits per heavy atom. The number of allylic oxidation sites excluding steroid dienone is 1. The van der Waals surface area contributed by atoms with Crippen molar-refractivity contribution in [3.63, 3.8) is 0 Å². The van der Waals surface area contributed by atoms with Gasteiger partial charge in [-0.05, 0) is 18.2 Å². The third-order valence-corrected chi connectivity index (χ3v) is 2.76. The first-order valence-electron chi connectivity index (χ1n) is 6.26. The molecule has 1 aromatic rings. The number of hydrogen-bond donors (Lipinski definition) is 2. The van der Waals surface area contributed by atoms with Gasteiger partial charge in [-0.1, -0.05) is 24.1 Å². The molecule has 0 radical (unpaired) electrons. The summed E-state index contributed by atoms with van der Waals surface area (Å²) >= 11 is 3.89. The van der Waals surface area contributed by atoms with Crippen molar-refractivity contribution < 1.29 is 14.6 Å². The molecule has 22 heavy (non-hydrogen) atoms. The predicted octanol–water partition coefficient (Wildman–Crippen LogP) is 2.67. The van der Waals surface area contributed by atoms with Gasteiger partial charge in [0.15, 0.2) is 0 Å². The van der Waals surface area contributed by atoms with Crippen molar-refractivity contribution in [2.24, 2.45) is 4.99 Å². The average molecular weight is 316 g/mol. The number of aliphatic carboxylic acids is 1. The van der Waals surface area contributed by atoms with Gasteiger partial charge in [0.05, 0.1) is 12.0 Å². The minimum absolute atomic E-state index is 0.0428. The van der Waals surface area contributed by atoms with Gasteiger partial charge in [-0.15, -0.1) is 19.1 Å². The normalized spacial score (nSPS) is 12.0. The lowest BCUT2D eigenvalue weighted by Crippen LogP contribution is -2.08. The lowest BCUT2D eigenvalue weighted by Gasteiger charge is -2.09. The zero-order valence-corrected chi connectivity index (χ0v) is 12.9. The fourth-order valence-electron chi connectivity index (χ4n) is 1.32. The summed E-state index contributed by atoms with van der Waals surface area (Å²) < 4.78 is 5.16. The molecule has 6 heteroatoms. The Morgan fingerprint density at radius 1 is 1.50 bits per heavy atom. The number of thiol groups is 1. The second kappa shape index (κ2) is 9.32. The number of benzene rings is 1. The monoisotopic (exact) mass is 316 g/mol. The van der Waals surface area contributed by atoms with Crippen LogP contribution in [0.4, 0.5) is 5.69 Å². The maximum Gasteiger partial charge on any atom is 0.345 e. The molecule has 0 aromatic heterocycles. The van der Waals surface area contributed by atoms with Crippen LogP contribution in [0.2, 0.25) is 0 Å². The highest BCUT2D eigenvalue weighted by Gasteiger charge is 2.09. The Morgan fingerprint density at radius 3 is 2.77 bits per heavy atom. The van der Waals surface area contributed by atoms with Crippen molar-refractivity contribution in [1.29, 1.82) is 0 Å². The van der Waals surface area contributed by atoms with Crippen molar-refractivity contribution in [3.05, 3.63) is 53.3 Å². The summed E-state index contributed by atoms with van der Waals surface area (Å²) in [5.74, 6) is 1.15. The number of hydrogen-bond acceptors (Lipinski definition) is 4. The maximum absolute atomic E-state index is 10.9. The van der Waals surface area contributed by atoms with E-state index in [1.807, 2.05) is 30.3 Å². The molecule has 1 rings (SSSR count). The quantitative estimate of drug-likeness (QED) is 0.154. The van der Waals surface area contributed by atoms with Gasteiger partial charge in [0.2, 0.25) is 0 Å². The molecule has 0 fully saturated rings. The number of aliphatic imine (C=N–C) groups is 1. The highest BCUT2D eigenvalue weighted by atomic mass is 32.1. The van der Waals surface area contributed by atoms with Crippen molar-refractivity contribution in [2.75, 3.05) is 13.7 Å². The van der Waals surface area contributed by atoms with Crippen LogP contribution in [0.15, 0.2) is 58.3 Å². The highest BCUT2D eigenvalue weighted by molar-refractivity contribution is 7.85. The van der Waals surface area contributed by atoms with Gasteiger partial charge in [0.25, 0.3) is 0 Å². The molecule has 0 amide bonds. The molecule has 0 spiro atoms. The van der Waals surface area contributed by atoms with Crippen LogP contribution < -0.4 is 0 Å². The van der Waals surface area contributed by atoms with E-state index in [9.17, 15) is 4.79 Å². The fourth-order valence-corrected chi connectivity index (χ4v) is 1.45. The van der Waals surface area contributed by atoms with E-state index in [1.165, 1.54) is 6.08 Å². The first kappa shape index (κ1) is 17.4. The lowest BCUT2D eigenvalue weighted by molar-refractivity contribution is -0.132. The summed E-state index contributed by atoms with van der Waals surface area (Å²) in [4.78, 5) is 16.6. The van der Waals surface area contributed by atoms with Crippen LogP contribution in [0.5, 0.6) is 0 Å². The first-order chi connectivity index (χ1) is 10.5. The Hall–Kier alpha value is -2.65.